The monoisotopic (exact) mass is 294 g/mol. The third-order valence-corrected chi connectivity index (χ3v) is 4.55. The Morgan fingerprint density at radius 2 is 2.20 bits per heavy atom. The van der Waals surface area contributed by atoms with Crippen molar-refractivity contribution in [1.82, 2.24) is 0 Å². The average molecular weight is 294 g/mol. The maximum Gasteiger partial charge on any atom is 0.261 e. The van der Waals surface area contributed by atoms with Gasteiger partial charge in [-0.2, -0.15) is 5.26 Å². The molecule has 5 N–H and O–H groups in total. The van der Waals surface area contributed by atoms with Crippen LogP contribution in [0.2, 0.25) is 0 Å². The van der Waals surface area contributed by atoms with Crippen molar-refractivity contribution < 1.29 is 4.79 Å². The molecular weight excluding hydrogens is 272 g/mol. The summed E-state index contributed by atoms with van der Waals surface area (Å²) < 4.78 is 0. The lowest BCUT2D eigenvalue weighted by Gasteiger charge is -2.15. The number of rotatable bonds is 8. The second-order valence-corrected chi connectivity index (χ2v) is 5.84. The molecule has 0 aliphatic carbocycles. The maximum atomic E-state index is 11.3. The first-order chi connectivity index (χ1) is 9.54. The van der Waals surface area contributed by atoms with Crippen molar-refractivity contribution in [2.45, 2.75) is 39.5 Å². The second-order valence-electron chi connectivity index (χ2n) is 4.82. The van der Waals surface area contributed by atoms with E-state index in [1.807, 2.05) is 6.07 Å². The summed E-state index contributed by atoms with van der Waals surface area (Å²) in [4.78, 5) is 11.5. The molecule has 5 nitrogen and oxygen atoms in total. The van der Waals surface area contributed by atoms with E-state index < -0.39 is 5.91 Å². The fourth-order valence-electron chi connectivity index (χ4n) is 2.04. The van der Waals surface area contributed by atoms with Crippen molar-refractivity contribution in [3.8, 4) is 6.07 Å². The summed E-state index contributed by atoms with van der Waals surface area (Å²) in [5, 5.41) is 13.0. The Balaban J connectivity index is 2.79. The van der Waals surface area contributed by atoms with Crippen LogP contribution in [-0.2, 0) is 0 Å². The van der Waals surface area contributed by atoms with Crippen LogP contribution in [-0.4, -0.2) is 12.5 Å². The highest BCUT2D eigenvalue weighted by Gasteiger charge is 2.19. The van der Waals surface area contributed by atoms with E-state index in [0.29, 0.717) is 16.5 Å². The average Bonchev–Trinajstić information content (AvgIpc) is 2.75. The highest BCUT2D eigenvalue weighted by atomic mass is 32.1. The summed E-state index contributed by atoms with van der Waals surface area (Å²) in [7, 11) is 0. The molecule has 1 amide bonds. The summed E-state index contributed by atoms with van der Waals surface area (Å²) in [6, 6.07) is 2.04. The SMILES string of the molecule is CCCCC(CC)CNc1sc(C(N)=O)c(N)c1C#N. The minimum Gasteiger partial charge on any atom is -0.396 e. The van der Waals surface area contributed by atoms with E-state index in [9.17, 15) is 4.79 Å². The summed E-state index contributed by atoms with van der Waals surface area (Å²) in [5.41, 5.74) is 11.6. The topological polar surface area (TPSA) is 105 Å². The first kappa shape index (κ1) is 16.3. The number of carbonyl (C=O) groups excluding carboxylic acids is 1. The smallest absolute Gasteiger partial charge is 0.261 e. The van der Waals surface area contributed by atoms with Crippen LogP contribution in [0, 0.1) is 17.2 Å². The molecule has 0 saturated carbocycles. The Kier molecular flexibility index (Phi) is 6.32. The third-order valence-electron chi connectivity index (χ3n) is 3.38. The van der Waals surface area contributed by atoms with E-state index in [2.05, 4.69) is 19.2 Å². The molecule has 110 valence electrons. The molecular formula is C14H22N4OS. The lowest BCUT2D eigenvalue weighted by molar-refractivity contribution is 0.100. The zero-order valence-electron chi connectivity index (χ0n) is 12.0. The lowest BCUT2D eigenvalue weighted by atomic mass is 9.99. The van der Waals surface area contributed by atoms with E-state index in [0.717, 1.165) is 30.7 Å². The van der Waals surface area contributed by atoms with Gasteiger partial charge in [-0.05, 0) is 12.3 Å². The van der Waals surface area contributed by atoms with Crippen LogP contribution in [0.5, 0.6) is 0 Å². The van der Waals surface area contributed by atoms with Gasteiger partial charge in [-0.1, -0.05) is 33.1 Å². The molecule has 0 aliphatic rings. The predicted octanol–water partition coefficient (Wildman–Crippen LogP) is 2.93. The Morgan fingerprint density at radius 3 is 2.70 bits per heavy atom. The van der Waals surface area contributed by atoms with Gasteiger partial charge in [0.25, 0.3) is 5.91 Å². The number of amides is 1. The molecule has 0 aromatic carbocycles. The number of thiophene rings is 1. The van der Waals surface area contributed by atoms with Gasteiger partial charge in [0.05, 0.1) is 5.69 Å². The van der Waals surface area contributed by atoms with E-state index in [1.54, 1.807) is 0 Å². The molecule has 6 heteroatoms. The van der Waals surface area contributed by atoms with Crippen molar-refractivity contribution >= 4 is 27.9 Å². The highest BCUT2D eigenvalue weighted by molar-refractivity contribution is 7.18. The number of nitrogens with two attached hydrogens (primary N) is 2. The standard InChI is InChI=1S/C14H22N4OS/c1-3-5-6-9(4-2)8-18-14-10(7-15)11(16)12(20-14)13(17)19/h9,18H,3-6,8,16H2,1-2H3,(H2,17,19). The number of hydrogen-bond acceptors (Lipinski definition) is 5. The van der Waals surface area contributed by atoms with Crippen LogP contribution < -0.4 is 16.8 Å². The fourth-order valence-corrected chi connectivity index (χ4v) is 2.97. The predicted molar refractivity (Wildman–Crippen MR) is 83.8 cm³/mol. The van der Waals surface area contributed by atoms with Crippen LogP contribution in [0.1, 0.15) is 54.8 Å². The van der Waals surface area contributed by atoms with Gasteiger partial charge >= 0.3 is 0 Å². The van der Waals surface area contributed by atoms with Gasteiger partial charge in [-0.15, -0.1) is 11.3 Å². The van der Waals surface area contributed by atoms with E-state index in [-0.39, 0.29) is 10.6 Å². The number of nitrogens with one attached hydrogen (secondary N) is 1. The Labute approximate surface area is 124 Å². The van der Waals surface area contributed by atoms with Gasteiger partial charge in [-0.3, -0.25) is 4.79 Å². The van der Waals surface area contributed by atoms with Gasteiger partial charge in [0, 0.05) is 6.54 Å². The molecule has 0 spiro atoms. The highest BCUT2D eigenvalue weighted by Crippen LogP contribution is 2.35. The molecule has 0 fully saturated rings. The summed E-state index contributed by atoms with van der Waals surface area (Å²) in [6.45, 7) is 5.11. The van der Waals surface area contributed by atoms with Crippen molar-refractivity contribution in [3.05, 3.63) is 10.4 Å². The first-order valence-corrected chi connectivity index (χ1v) is 7.72. The van der Waals surface area contributed by atoms with Crippen molar-refractivity contribution in [2.75, 3.05) is 17.6 Å². The van der Waals surface area contributed by atoms with Crippen molar-refractivity contribution in [2.24, 2.45) is 11.7 Å². The molecule has 20 heavy (non-hydrogen) atoms. The second kappa shape index (κ2) is 7.75. The van der Waals surface area contributed by atoms with E-state index in [4.69, 9.17) is 16.7 Å². The van der Waals surface area contributed by atoms with Gasteiger partial charge < -0.3 is 16.8 Å². The number of nitrogens with zero attached hydrogens (tertiary/aromatic N) is 1. The normalized spacial score (nSPS) is 11.8. The van der Waals surface area contributed by atoms with E-state index in [1.165, 1.54) is 12.8 Å². The summed E-state index contributed by atoms with van der Waals surface area (Å²) in [5.74, 6) is -0.0306. The third kappa shape index (κ3) is 3.87. The van der Waals surface area contributed by atoms with Crippen LogP contribution in [0.4, 0.5) is 10.7 Å². The lowest BCUT2D eigenvalue weighted by Crippen LogP contribution is -2.13. The summed E-state index contributed by atoms with van der Waals surface area (Å²) in [6.07, 6.45) is 4.62. The Morgan fingerprint density at radius 1 is 1.50 bits per heavy atom. The number of primary amides is 1. The minimum atomic E-state index is -0.588. The van der Waals surface area contributed by atoms with Crippen molar-refractivity contribution in [1.29, 1.82) is 5.26 Å². The molecule has 0 aliphatic heterocycles. The molecule has 1 unspecified atom stereocenters. The van der Waals surface area contributed by atoms with Gasteiger partial charge in [0.1, 0.15) is 21.5 Å². The molecule has 1 rings (SSSR count). The molecule has 1 aromatic heterocycles. The zero-order valence-corrected chi connectivity index (χ0v) is 12.8. The Bertz CT molecular complexity index is 504. The van der Waals surface area contributed by atoms with E-state index >= 15 is 0 Å². The summed E-state index contributed by atoms with van der Waals surface area (Å²) >= 11 is 1.16. The van der Waals surface area contributed by atoms with Crippen molar-refractivity contribution in [3.63, 3.8) is 0 Å². The van der Waals surface area contributed by atoms with Crippen LogP contribution in [0.15, 0.2) is 0 Å². The molecule has 0 bridgehead atoms. The number of hydrogen-bond donors (Lipinski definition) is 3. The zero-order chi connectivity index (χ0) is 15.1. The molecule has 1 heterocycles. The number of carbonyl (C=O) groups is 1. The molecule has 1 atom stereocenters. The number of nitrogen functional groups attached to an aromatic ring is 1. The van der Waals surface area contributed by atoms with Gasteiger partial charge in [0.2, 0.25) is 0 Å². The van der Waals surface area contributed by atoms with Gasteiger partial charge in [0.15, 0.2) is 0 Å². The number of nitriles is 1. The number of anilines is 2. The maximum absolute atomic E-state index is 11.3. The van der Waals surface area contributed by atoms with Crippen LogP contribution >= 0.6 is 11.3 Å². The quantitative estimate of drug-likeness (QED) is 0.685. The fraction of sp³-hybridized carbons (Fsp3) is 0.571. The van der Waals surface area contributed by atoms with Crippen LogP contribution in [0.25, 0.3) is 0 Å². The largest absolute Gasteiger partial charge is 0.396 e. The molecule has 1 aromatic rings. The van der Waals surface area contributed by atoms with Gasteiger partial charge in [-0.25, -0.2) is 0 Å². The molecule has 0 saturated heterocycles. The van der Waals surface area contributed by atoms with Crippen LogP contribution in [0.3, 0.4) is 0 Å². The molecule has 0 radical (unpaired) electrons. The first-order valence-electron chi connectivity index (χ1n) is 6.91. The minimum absolute atomic E-state index is 0.189. The Hall–Kier alpha value is -1.74. The number of unbranched alkanes of at least 4 members (excludes halogenated alkanes) is 1.